The van der Waals surface area contributed by atoms with E-state index in [9.17, 15) is 9.59 Å². The third-order valence-corrected chi connectivity index (χ3v) is 5.43. The molecule has 1 aromatic heterocycles. The largest absolute Gasteiger partial charge is 0.462 e. The lowest BCUT2D eigenvalue weighted by Gasteiger charge is -2.09. The summed E-state index contributed by atoms with van der Waals surface area (Å²) in [7, 11) is 0. The van der Waals surface area contributed by atoms with Crippen molar-refractivity contribution in [3.8, 4) is 11.4 Å². The molecule has 0 aliphatic heterocycles. The van der Waals surface area contributed by atoms with E-state index in [1.54, 1.807) is 24.3 Å². The van der Waals surface area contributed by atoms with Crippen molar-refractivity contribution in [1.29, 1.82) is 0 Å². The van der Waals surface area contributed by atoms with Gasteiger partial charge in [-0.25, -0.2) is 4.79 Å². The van der Waals surface area contributed by atoms with Crippen molar-refractivity contribution in [3.05, 3.63) is 59.7 Å². The van der Waals surface area contributed by atoms with Gasteiger partial charge >= 0.3 is 5.97 Å². The molecule has 0 aliphatic carbocycles. The zero-order chi connectivity index (χ0) is 22.2. The van der Waals surface area contributed by atoms with Crippen LogP contribution in [0, 0.1) is 6.92 Å². The van der Waals surface area contributed by atoms with Crippen LogP contribution in [0.3, 0.4) is 0 Å². The van der Waals surface area contributed by atoms with Gasteiger partial charge in [0.1, 0.15) is 0 Å². The summed E-state index contributed by atoms with van der Waals surface area (Å²) in [6.45, 7) is 7.06. The van der Waals surface area contributed by atoms with Gasteiger partial charge in [-0.05, 0) is 44.5 Å². The number of nitrogens with one attached hydrogen (secondary N) is 1. The topological polar surface area (TPSA) is 86.1 Å². The minimum Gasteiger partial charge on any atom is -0.462 e. The van der Waals surface area contributed by atoms with Gasteiger partial charge in [-0.1, -0.05) is 48.5 Å². The first-order valence-corrected chi connectivity index (χ1v) is 11.2. The molecule has 0 saturated carbocycles. The Morgan fingerprint density at radius 3 is 2.65 bits per heavy atom. The molecule has 0 bridgehead atoms. The molecule has 0 fully saturated rings. The SMILES string of the molecule is CCCOC(=O)c1cccc(NC(=O)CSc2nnc(-c3cccc(C)c3)n2CC)c1. The van der Waals surface area contributed by atoms with Gasteiger partial charge in [0.05, 0.1) is 17.9 Å². The molecule has 162 valence electrons. The van der Waals surface area contributed by atoms with E-state index in [1.807, 2.05) is 43.5 Å². The fourth-order valence-electron chi connectivity index (χ4n) is 3.01. The lowest BCUT2D eigenvalue weighted by atomic mass is 10.1. The molecule has 3 aromatic rings. The van der Waals surface area contributed by atoms with Crippen LogP contribution in [0.4, 0.5) is 5.69 Å². The second kappa shape index (κ2) is 10.8. The van der Waals surface area contributed by atoms with E-state index in [2.05, 4.69) is 21.6 Å². The molecular formula is C23H26N4O3S. The van der Waals surface area contributed by atoms with Gasteiger partial charge in [0.25, 0.3) is 0 Å². The highest BCUT2D eigenvalue weighted by Gasteiger charge is 2.15. The maximum absolute atomic E-state index is 12.5. The number of benzene rings is 2. The Labute approximate surface area is 186 Å². The predicted molar refractivity (Wildman–Crippen MR) is 122 cm³/mol. The second-order valence-corrected chi connectivity index (χ2v) is 7.92. The molecule has 3 rings (SSSR count). The molecule has 1 heterocycles. The highest BCUT2D eigenvalue weighted by Crippen LogP contribution is 2.24. The molecule has 7 nitrogen and oxygen atoms in total. The zero-order valence-corrected chi connectivity index (χ0v) is 18.7. The summed E-state index contributed by atoms with van der Waals surface area (Å²) in [5, 5.41) is 12.1. The average molecular weight is 439 g/mol. The normalized spacial score (nSPS) is 10.7. The summed E-state index contributed by atoms with van der Waals surface area (Å²) < 4.78 is 7.14. The number of carbonyl (C=O) groups is 2. The van der Waals surface area contributed by atoms with Crippen LogP contribution >= 0.6 is 11.8 Å². The van der Waals surface area contributed by atoms with Crippen molar-refractivity contribution in [3.63, 3.8) is 0 Å². The average Bonchev–Trinajstić information content (AvgIpc) is 3.19. The summed E-state index contributed by atoms with van der Waals surface area (Å²) in [6, 6.07) is 14.8. The van der Waals surface area contributed by atoms with Gasteiger partial charge < -0.3 is 14.6 Å². The number of hydrogen-bond acceptors (Lipinski definition) is 6. The maximum atomic E-state index is 12.5. The van der Waals surface area contributed by atoms with Crippen molar-refractivity contribution in [2.75, 3.05) is 17.7 Å². The zero-order valence-electron chi connectivity index (χ0n) is 17.9. The first kappa shape index (κ1) is 22.6. The van der Waals surface area contributed by atoms with Crippen LogP contribution in [0.2, 0.25) is 0 Å². The number of esters is 1. The molecule has 31 heavy (non-hydrogen) atoms. The summed E-state index contributed by atoms with van der Waals surface area (Å²) >= 11 is 1.33. The van der Waals surface area contributed by atoms with Crippen LogP contribution in [0.1, 0.15) is 36.2 Å². The van der Waals surface area contributed by atoms with Crippen LogP contribution in [0.15, 0.2) is 53.7 Å². The van der Waals surface area contributed by atoms with Crippen molar-refractivity contribution < 1.29 is 14.3 Å². The fourth-order valence-corrected chi connectivity index (χ4v) is 3.81. The number of carbonyl (C=O) groups excluding carboxylic acids is 2. The molecule has 2 aromatic carbocycles. The number of thioether (sulfide) groups is 1. The number of hydrogen-bond donors (Lipinski definition) is 1. The number of ether oxygens (including phenoxy) is 1. The number of amides is 1. The van der Waals surface area contributed by atoms with Crippen molar-refractivity contribution in [1.82, 2.24) is 14.8 Å². The summed E-state index contributed by atoms with van der Waals surface area (Å²) in [5.74, 6) is 0.377. The number of anilines is 1. The summed E-state index contributed by atoms with van der Waals surface area (Å²) in [6.07, 6.45) is 0.757. The number of rotatable bonds is 9. The van der Waals surface area contributed by atoms with Crippen LogP contribution in [-0.2, 0) is 16.1 Å². The van der Waals surface area contributed by atoms with E-state index in [4.69, 9.17) is 4.74 Å². The van der Waals surface area contributed by atoms with Gasteiger partial charge in [0.15, 0.2) is 11.0 Å². The van der Waals surface area contributed by atoms with E-state index in [0.717, 1.165) is 23.4 Å². The number of aryl methyl sites for hydroxylation is 1. The summed E-state index contributed by atoms with van der Waals surface area (Å²) in [4.78, 5) is 24.5. The lowest BCUT2D eigenvalue weighted by molar-refractivity contribution is -0.113. The summed E-state index contributed by atoms with van der Waals surface area (Å²) in [5.41, 5.74) is 3.11. The van der Waals surface area contributed by atoms with Gasteiger partial charge in [0, 0.05) is 17.8 Å². The van der Waals surface area contributed by atoms with Gasteiger partial charge in [-0.3, -0.25) is 4.79 Å². The predicted octanol–water partition coefficient (Wildman–Crippen LogP) is 4.57. The second-order valence-electron chi connectivity index (χ2n) is 6.97. The van der Waals surface area contributed by atoms with Crippen molar-refractivity contribution in [2.45, 2.75) is 38.9 Å². The molecule has 0 saturated heterocycles. The first-order chi connectivity index (χ1) is 15.0. The highest BCUT2D eigenvalue weighted by atomic mass is 32.2. The van der Waals surface area contributed by atoms with Gasteiger partial charge in [-0.15, -0.1) is 10.2 Å². The molecule has 0 radical (unpaired) electrons. The van der Waals surface area contributed by atoms with Crippen LogP contribution in [-0.4, -0.2) is 39.0 Å². The third-order valence-electron chi connectivity index (χ3n) is 4.46. The van der Waals surface area contributed by atoms with Crippen LogP contribution < -0.4 is 5.32 Å². The minimum atomic E-state index is -0.396. The maximum Gasteiger partial charge on any atom is 0.338 e. The Morgan fingerprint density at radius 2 is 1.90 bits per heavy atom. The Kier molecular flexibility index (Phi) is 7.83. The standard InChI is InChI=1S/C23H26N4O3S/c1-4-12-30-22(29)18-10-7-11-19(14-18)24-20(28)15-31-23-26-25-21(27(23)5-2)17-9-6-8-16(3)13-17/h6-11,13-14H,4-5,12,15H2,1-3H3,(H,24,28). The number of aromatic nitrogens is 3. The Balaban J connectivity index is 1.63. The molecule has 1 N–H and O–H groups in total. The van der Waals surface area contributed by atoms with Crippen LogP contribution in [0.5, 0.6) is 0 Å². The molecule has 8 heteroatoms. The molecule has 0 spiro atoms. The Bertz CT molecular complexity index is 1060. The molecule has 0 atom stereocenters. The minimum absolute atomic E-state index is 0.177. The van der Waals surface area contributed by atoms with E-state index in [-0.39, 0.29) is 11.7 Å². The molecule has 0 unspecified atom stereocenters. The van der Waals surface area contributed by atoms with Gasteiger partial charge in [-0.2, -0.15) is 0 Å². The lowest BCUT2D eigenvalue weighted by Crippen LogP contribution is -2.15. The fraction of sp³-hybridized carbons (Fsp3) is 0.304. The molecule has 1 amide bonds. The van der Waals surface area contributed by atoms with Crippen LogP contribution in [0.25, 0.3) is 11.4 Å². The smallest absolute Gasteiger partial charge is 0.338 e. The third kappa shape index (κ3) is 5.95. The van der Waals surface area contributed by atoms with E-state index < -0.39 is 5.97 Å². The molecule has 0 aliphatic rings. The number of nitrogens with zero attached hydrogens (tertiary/aromatic N) is 3. The Morgan fingerprint density at radius 1 is 1.10 bits per heavy atom. The first-order valence-electron chi connectivity index (χ1n) is 10.2. The monoisotopic (exact) mass is 438 g/mol. The van der Waals surface area contributed by atoms with Gasteiger partial charge in [0.2, 0.25) is 5.91 Å². The van der Waals surface area contributed by atoms with Crippen molar-refractivity contribution >= 4 is 29.3 Å². The van der Waals surface area contributed by atoms with E-state index in [1.165, 1.54) is 11.8 Å². The highest BCUT2D eigenvalue weighted by molar-refractivity contribution is 7.99. The van der Waals surface area contributed by atoms with E-state index >= 15 is 0 Å². The van der Waals surface area contributed by atoms with Crippen molar-refractivity contribution in [2.24, 2.45) is 0 Å². The Hall–Kier alpha value is -3.13. The van der Waals surface area contributed by atoms with E-state index in [0.29, 0.717) is 29.6 Å². The molecular weight excluding hydrogens is 412 g/mol. The quantitative estimate of drug-likeness (QED) is 0.389.